The Balaban J connectivity index is 0.000000425. The average molecular weight is 528 g/mol. The van der Waals surface area contributed by atoms with Gasteiger partial charge in [0.15, 0.2) is 0 Å². The molecule has 0 radical (unpaired) electrons. The van der Waals surface area contributed by atoms with E-state index in [1.54, 1.807) is 27.0 Å². The summed E-state index contributed by atoms with van der Waals surface area (Å²) >= 11 is 6.06. The SMILES string of the molecule is CC(=O)C1(C)CN(C)C1.CCCc1nc(Cl)nc(N[C@H](C)c2cc(NC)cc(C(F)(F)F)c2)c1CC. The van der Waals surface area contributed by atoms with Gasteiger partial charge in [0.05, 0.1) is 22.7 Å². The van der Waals surface area contributed by atoms with Crippen LogP contribution in [0.4, 0.5) is 24.7 Å². The van der Waals surface area contributed by atoms with Crippen LogP contribution in [0.15, 0.2) is 18.2 Å². The van der Waals surface area contributed by atoms with Crippen LogP contribution in [0.25, 0.3) is 0 Å². The van der Waals surface area contributed by atoms with Crippen molar-refractivity contribution in [3.05, 3.63) is 45.9 Å². The third-order valence-electron chi connectivity index (χ3n) is 6.42. The number of nitrogens with zero attached hydrogens (tertiary/aromatic N) is 3. The lowest BCUT2D eigenvalue weighted by Crippen LogP contribution is -2.56. The number of alkyl halides is 3. The molecule has 3 rings (SSSR count). The fourth-order valence-electron chi connectivity index (χ4n) is 4.30. The van der Waals surface area contributed by atoms with E-state index in [-0.39, 0.29) is 10.7 Å². The van der Waals surface area contributed by atoms with E-state index in [0.717, 1.165) is 49.3 Å². The van der Waals surface area contributed by atoms with Crippen LogP contribution in [0.1, 0.15) is 69.5 Å². The molecule has 0 saturated carbocycles. The van der Waals surface area contributed by atoms with E-state index in [1.165, 1.54) is 0 Å². The highest BCUT2D eigenvalue weighted by molar-refractivity contribution is 6.28. The molecular weight excluding hydrogens is 491 g/mol. The lowest BCUT2D eigenvalue weighted by molar-refractivity contribution is -0.137. The topological polar surface area (TPSA) is 70.2 Å². The van der Waals surface area contributed by atoms with E-state index in [4.69, 9.17) is 11.6 Å². The van der Waals surface area contributed by atoms with Crippen LogP contribution in [0.5, 0.6) is 0 Å². The Morgan fingerprint density at radius 1 is 1.22 bits per heavy atom. The average Bonchev–Trinajstić information content (AvgIpc) is 2.77. The molecule has 0 bridgehead atoms. The van der Waals surface area contributed by atoms with Crippen molar-refractivity contribution >= 4 is 28.9 Å². The third-order valence-corrected chi connectivity index (χ3v) is 6.59. The number of carbonyl (C=O) groups excluding carboxylic acids is 1. The maximum atomic E-state index is 13.2. The summed E-state index contributed by atoms with van der Waals surface area (Å²) in [6.07, 6.45) is -2.04. The molecule has 10 heteroatoms. The fourth-order valence-corrected chi connectivity index (χ4v) is 4.49. The van der Waals surface area contributed by atoms with Crippen LogP contribution in [0, 0.1) is 5.41 Å². The Labute approximate surface area is 217 Å². The largest absolute Gasteiger partial charge is 0.416 e. The second-order valence-corrected chi connectivity index (χ2v) is 9.95. The number of hydrogen-bond donors (Lipinski definition) is 2. The van der Waals surface area contributed by atoms with Gasteiger partial charge < -0.3 is 15.5 Å². The highest BCUT2D eigenvalue weighted by Gasteiger charge is 2.40. The number of rotatable bonds is 8. The summed E-state index contributed by atoms with van der Waals surface area (Å²) in [5.74, 6) is 0.887. The summed E-state index contributed by atoms with van der Waals surface area (Å²) in [5.41, 5.74) is 2.00. The number of likely N-dealkylation sites (tertiary alicyclic amines) is 1. The smallest absolute Gasteiger partial charge is 0.388 e. The first-order valence-electron chi connectivity index (χ1n) is 12.1. The van der Waals surface area contributed by atoms with Gasteiger partial charge in [0.25, 0.3) is 0 Å². The van der Waals surface area contributed by atoms with Gasteiger partial charge >= 0.3 is 6.18 Å². The van der Waals surface area contributed by atoms with Crippen LogP contribution in [0.2, 0.25) is 5.28 Å². The van der Waals surface area contributed by atoms with Gasteiger partial charge in [-0.15, -0.1) is 0 Å². The number of halogens is 4. The Bertz CT molecular complexity index is 1050. The van der Waals surface area contributed by atoms with Crippen molar-refractivity contribution < 1.29 is 18.0 Å². The fraction of sp³-hybridized carbons (Fsp3) is 0.577. The van der Waals surface area contributed by atoms with Gasteiger partial charge in [0.1, 0.15) is 11.6 Å². The van der Waals surface area contributed by atoms with E-state index in [2.05, 4.69) is 25.5 Å². The molecule has 0 aliphatic carbocycles. The first kappa shape index (κ1) is 29.8. The molecule has 0 spiro atoms. The van der Waals surface area contributed by atoms with Gasteiger partial charge in [-0.3, -0.25) is 4.79 Å². The molecule has 1 aromatic carbocycles. The van der Waals surface area contributed by atoms with E-state index >= 15 is 0 Å². The molecule has 2 aromatic rings. The van der Waals surface area contributed by atoms with Crippen molar-refractivity contribution in [1.82, 2.24) is 14.9 Å². The summed E-state index contributed by atoms with van der Waals surface area (Å²) in [5, 5.41) is 6.13. The van der Waals surface area contributed by atoms with Gasteiger partial charge in [0, 0.05) is 31.4 Å². The number of nitrogens with one attached hydrogen (secondary N) is 2. The van der Waals surface area contributed by atoms with E-state index < -0.39 is 17.8 Å². The zero-order chi connectivity index (χ0) is 27.3. The van der Waals surface area contributed by atoms with Gasteiger partial charge in [0.2, 0.25) is 5.28 Å². The van der Waals surface area contributed by atoms with E-state index in [0.29, 0.717) is 29.3 Å². The molecule has 1 aliphatic heterocycles. The Morgan fingerprint density at radius 3 is 2.31 bits per heavy atom. The molecule has 1 atom stereocenters. The molecule has 2 N–H and O–H groups in total. The zero-order valence-corrected chi connectivity index (χ0v) is 22.9. The first-order valence-corrected chi connectivity index (χ1v) is 12.5. The van der Waals surface area contributed by atoms with E-state index in [1.807, 2.05) is 27.8 Å². The lowest BCUT2D eigenvalue weighted by atomic mass is 9.79. The number of carbonyl (C=O) groups is 1. The van der Waals surface area contributed by atoms with Crippen LogP contribution < -0.4 is 10.6 Å². The third kappa shape index (κ3) is 7.56. The molecule has 36 heavy (non-hydrogen) atoms. The standard InChI is InChI=1S/C19H24ClF3N4.C7H13NO/c1-5-7-16-15(6-2)17(27-18(20)26-16)25-11(3)12-8-13(19(21,22)23)10-14(9-12)24-4;1-6(9)7(2)4-8(3)5-7/h8-11,24H,5-7H2,1-4H3,(H,25,26,27);4-5H2,1-3H3/t11-;/m1./s1. The molecular formula is C26H37ClF3N5O. The Kier molecular flexibility index (Phi) is 10.1. The number of ketones is 1. The molecule has 2 heterocycles. The first-order chi connectivity index (χ1) is 16.7. The molecule has 1 fully saturated rings. The molecule has 6 nitrogen and oxygen atoms in total. The second-order valence-electron chi connectivity index (χ2n) is 9.62. The Hall–Kier alpha value is -2.39. The molecule has 1 saturated heterocycles. The molecule has 200 valence electrons. The second kappa shape index (κ2) is 12.2. The molecule has 1 aliphatic rings. The van der Waals surface area contributed by atoms with Crippen molar-refractivity contribution in [3.8, 4) is 0 Å². The van der Waals surface area contributed by atoms with Crippen LogP contribution in [-0.4, -0.2) is 47.8 Å². The summed E-state index contributed by atoms with van der Waals surface area (Å²) < 4.78 is 39.6. The number of hydrogen-bond acceptors (Lipinski definition) is 6. The predicted molar refractivity (Wildman–Crippen MR) is 140 cm³/mol. The minimum absolute atomic E-state index is 0.0191. The maximum Gasteiger partial charge on any atom is 0.416 e. The van der Waals surface area contributed by atoms with Crippen molar-refractivity contribution in [1.29, 1.82) is 0 Å². The number of aromatic nitrogens is 2. The minimum atomic E-state index is -4.41. The highest BCUT2D eigenvalue weighted by atomic mass is 35.5. The van der Waals surface area contributed by atoms with Gasteiger partial charge in [-0.1, -0.05) is 27.2 Å². The van der Waals surface area contributed by atoms with Crippen LogP contribution in [-0.2, 0) is 23.8 Å². The maximum absolute atomic E-state index is 13.2. The Morgan fingerprint density at radius 2 is 1.86 bits per heavy atom. The molecule has 1 aromatic heterocycles. The summed E-state index contributed by atoms with van der Waals surface area (Å²) in [6.45, 7) is 11.4. The minimum Gasteiger partial charge on any atom is -0.388 e. The zero-order valence-electron chi connectivity index (χ0n) is 22.1. The number of Topliss-reactive ketones (excluding diaryl/α,β-unsaturated/α-hetero) is 1. The monoisotopic (exact) mass is 527 g/mol. The highest BCUT2D eigenvalue weighted by Crippen LogP contribution is 2.34. The summed E-state index contributed by atoms with van der Waals surface area (Å²) in [7, 11) is 3.62. The van der Waals surface area contributed by atoms with E-state index in [9.17, 15) is 18.0 Å². The molecule has 0 amide bonds. The summed E-state index contributed by atoms with van der Waals surface area (Å²) in [4.78, 5) is 21.6. The number of aryl methyl sites for hydroxylation is 1. The van der Waals surface area contributed by atoms with Crippen LogP contribution in [0.3, 0.4) is 0 Å². The van der Waals surface area contributed by atoms with Gasteiger partial charge in [-0.05, 0) is 69.1 Å². The number of benzene rings is 1. The predicted octanol–water partition coefficient (Wildman–Crippen LogP) is 6.41. The molecule has 0 unspecified atom stereocenters. The number of anilines is 2. The summed E-state index contributed by atoms with van der Waals surface area (Å²) in [6, 6.07) is 3.54. The van der Waals surface area contributed by atoms with Crippen molar-refractivity contribution in [3.63, 3.8) is 0 Å². The normalized spacial score (nSPS) is 15.9. The van der Waals surface area contributed by atoms with Crippen molar-refractivity contribution in [2.45, 2.75) is 66.1 Å². The lowest BCUT2D eigenvalue weighted by Gasteiger charge is -2.44. The van der Waals surface area contributed by atoms with Gasteiger partial charge in [-0.25, -0.2) is 9.97 Å². The quantitative estimate of drug-likeness (QED) is 0.387. The van der Waals surface area contributed by atoms with Crippen molar-refractivity contribution in [2.24, 2.45) is 5.41 Å². The van der Waals surface area contributed by atoms with Crippen molar-refractivity contribution in [2.75, 3.05) is 37.8 Å². The van der Waals surface area contributed by atoms with Gasteiger partial charge in [-0.2, -0.15) is 13.2 Å². The van der Waals surface area contributed by atoms with Crippen LogP contribution >= 0.6 is 11.6 Å².